The van der Waals surface area contributed by atoms with Crippen LogP contribution in [0.25, 0.3) is 0 Å². The molecule has 0 aromatic carbocycles. The second-order valence-corrected chi connectivity index (χ2v) is 7.46. The van der Waals surface area contributed by atoms with Gasteiger partial charge in [0.2, 0.25) is 0 Å². The number of nitrogens with zero attached hydrogens (tertiary/aromatic N) is 3. The van der Waals surface area contributed by atoms with Gasteiger partial charge in [-0.15, -0.1) is 0 Å². The summed E-state index contributed by atoms with van der Waals surface area (Å²) >= 11 is 1.28. The predicted octanol–water partition coefficient (Wildman–Crippen LogP) is 1.75. The molecule has 1 aromatic rings. The summed E-state index contributed by atoms with van der Waals surface area (Å²) in [4.78, 5) is 22.0. The smallest absolute Gasteiger partial charge is 0.266 e. The van der Waals surface area contributed by atoms with Gasteiger partial charge < -0.3 is 20.3 Å². The zero-order valence-electron chi connectivity index (χ0n) is 13.8. The molecular weight excluding hydrogens is 312 g/mol. The molecule has 1 aromatic heterocycles. The fourth-order valence-electron chi connectivity index (χ4n) is 3.38. The van der Waals surface area contributed by atoms with Crippen molar-refractivity contribution in [3.05, 3.63) is 10.6 Å². The number of carbonyl (C=O) groups excluding carboxylic acids is 1. The summed E-state index contributed by atoms with van der Waals surface area (Å²) < 4.78 is 5.98. The molecule has 2 aliphatic rings. The van der Waals surface area contributed by atoms with Crippen LogP contribution in [0.1, 0.15) is 41.0 Å². The number of ether oxygens (including phenoxy) is 1. The Morgan fingerprint density at radius 1 is 1.30 bits per heavy atom. The third-order valence-electron chi connectivity index (χ3n) is 4.56. The van der Waals surface area contributed by atoms with Crippen molar-refractivity contribution < 1.29 is 9.53 Å². The lowest BCUT2D eigenvalue weighted by atomic mass is 10.1. The number of aromatic nitrogens is 1. The van der Waals surface area contributed by atoms with Crippen LogP contribution in [0.2, 0.25) is 0 Å². The Hall–Kier alpha value is -1.18. The van der Waals surface area contributed by atoms with Crippen LogP contribution in [0, 0.1) is 6.92 Å². The maximum Gasteiger partial charge on any atom is 0.266 e. The number of thiazole rings is 1. The summed E-state index contributed by atoms with van der Waals surface area (Å²) in [5.41, 5.74) is 6.47. The predicted molar refractivity (Wildman–Crippen MR) is 91.8 cm³/mol. The lowest BCUT2D eigenvalue weighted by Gasteiger charge is -2.31. The number of anilines is 1. The van der Waals surface area contributed by atoms with E-state index < -0.39 is 0 Å². The summed E-state index contributed by atoms with van der Waals surface area (Å²) in [7, 11) is 0. The average Bonchev–Trinajstić information content (AvgIpc) is 2.74. The molecule has 0 spiro atoms. The van der Waals surface area contributed by atoms with Crippen LogP contribution in [0.5, 0.6) is 0 Å². The number of carbonyl (C=O) groups is 1. The summed E-state index contributed by atoms with van der Waals surface area (Å²) in [6, 6.07) is 0. The quantitative estimate of drug-likeness (QED) is 0.909. The average molecular weight is 338 g/mol. The van der Waals surface area contributed by atoms with E-state index in [1.807, 2.05) is 11.8 Å². The van der Waals surface area contributed by atoms with E-state index in [0.717, 1.165) is 44.9 Å². The maximum atomic E-state index is 12.8. The Balaban J connectivity index is 1.64. The van der Waals surface area contributed by atoms with Crippen molar-refractivity contribution in [2.24, 2.45) is 0 Å². The second kappa shape index (κ2) is 7.59. The Morgan fingerprint density at radius 2 is 2.09 bits per heavy atom. The number of hydrogen-bond donors (Lipinski definition) is 1. The van der Waals surface area contributed by atoms with Crippen LogP contribution in [0.15, 0.2) is 0 Å². The number of piperidine rings is 1. The lowest BCUT2D eigenvalue weighted by Crippen LogP contribution is -2.43. The highest BCUT2D eigenvalue weighted by atomic mass is 32.1. The molecule has 23 heavy (non-hydrogen) atoms. The van der Waals surface area contributed by atoms with Gasteiger partial charge >= 0.3 is 0 Å². The molecule has 2 fully saturated rings. The molecular formula is C16H26N4O2S. The van der Waals surface area contributed by atoms with Gasteiger partial charge in [0.1, 0.15) is 4.88 Å². The fraction of sp³-hybridized carbons (Fsp3) is 0.750. The summed E-state index contributed by atoms with van der Waals surface area (Å²) in [6.07, 6.45) is 4.86. The maximum absolute atomic E-state index is 12.8. The number of likely N-dealkylation sites (tertiary alicyclic amines) is 1. The topological polar surface area (TPSA) is 71.7 Å². The third kappa shape index (κ3) is 4.22. The molecule has 6 nitrogen and oxygen atoms in total. The van der Waals surface area contributed by atoms with Gasteiger partial charge in [0.05, 0.1) is 11.8 Å². The van der Waals surface area contributed by atoms with Gasteiger partial charge in [-0.25, -0.2) is 4.98 Å². The molecule has 0 unspecified atom stereocenters. The van der Waals surface area contributed by atoms with Gasteiger partial charge in [0.15, 0.2) is 5.13 Å². The van der Waals surface area contributed by atoms with Crippen molar-refractivity contribution >= 4 is 22.4 Å². The monoisotopic (exact) mass is 338 g/mol. The zero-order valence-corrected chi connectivity index (χ0v) is 14.6. The summed E-state index contributed by atoms with van der Waals surface area (Å²) in [5, 5.41) is 0.460. The highest BCUT2D eigenvalue weighted by Crippen LogP contribution is 2.23. The standard InChI is InChI=1S/C16H26N4O2S/c1-12-14(23-16(17)18-12)15(21)20-8-5-9-22-13(11-20)10-19-6-3-2-4-7-19/h13H,2-11H2,1H3,(H2,17,18)/t13-/m0/s1. The van der Waals surface area contributed by atoms with Crippen molar-refractivity contribution in [2.45, 2.75) is 38.7 Å². The van der Waals surface area contributed by atoms with Crippen molar-refractivity contribution in [1.82, 2.24) is 14.8 Å². The first-order valence-electron chi connectivity index (χ1n) is 8.49. The van der Waals surface area contributed by atoms with Crippen molar-refractivity contribution in [2.75, 3.05) is 45.1 Å². The Labute approximate surface area is 141 Å². The first-order valence-corrected chi connectivity index (χ1v) is 9.31. The molecule has 0 radical (unpaired) electrons. The minimum absolute atomic E-state index is 0.0471. The van der Waals surface area contributed by atoms with Crippen LogP contribution in [-0.4, -0.2) is 66.1 Å². The van der Waals surface area contributed by atoms with E-state index in [-0.39, 0.29) is 12.0 Å². The molecule has 3 rings (SSSR count). The van der Waals surface area contributed by atoms with Crippen molar-refractivity contribution in [3.63, 3.8) is 0 Å². The van der Waals surface area contributed by atoms with Crippen LogP contribution in [0.3, 0.4) is 0 Å². The molecule has 0 saturated carbocycles. The second-order valence-electron chi connectivity index (χ2n) is 6.43. The van der Waals surface area contributed by atoms with Gasteiger partial charge in [0, 0.05) is 26.2 Å². The van der Waals surface area contributed by atoms with Gasteiger partial charge in [-0.05, 0) is 39.3 Å². The Morgan fingerprint density at radius 3 is 2.78 bits per heavy atom. The zero-order chi connectivity index (χ0) is 16.2. The van der Waals surface area contributed by atoms with Crippen molar-refractivity contribution in [3.8, 4) is 0 Å². The summed E-state index contributed by atoms with van der Waals surface area (Å²) in [5.74, 6) is 0.0471. The molecule has 2 saturated heterocycles. The van der Waals surface area contributed by atoms with Gasteiger partial charge in [-0.3, -0.25) is 4.79 Å². The van der Waals surface area contributed by atoms with Crippen LogP contribution < -0.4 is 5.73 Å². The van der Waals surface area contributed by atoms with E-state index in [2.05, 4.69) is 9.88 Å². The largest absolute Gasteiger partial charge is 0.375 e. The van der Waals surface area contributed by atoms with Crippen molar-refractivity contribution in [1.29, 1.82) is 0 Å². The first-order chi connectivity index (χ1) is 11.1. The van der Waals surface area contributed by atoms with Gasteiger partial charge in [0.25, 0.3) is 5.91 Å². The normalized spacial score (nSPS) is 23.7. The fourth-order valence-corrected chi connectivity index (χ4v) is 4.18. The number of rotatable bonds is 3. The number of nitrogen functional groups attached to an aromatic ring is 1. The molecule has 3 heterocycles. The molecule has 1 amide bonds. The Kier molecular flexibility index (Phi) is 5.50. The number of aryl methyl sites for hydroxylation is 1. The highest BCUT2D eigenvalue weighted by Gasteiger charge is 2.27. The van der Waals surface area contributed by atoms with Crippen LogP contribution >= 0.6 is 11.3 Å². The Bertz CT molecular complexity index is 542. The van der Waals surface area contributed by atoms with E-state index in [1.54, 1.807) is 0 Å². The molecule has 2 N–H and O–H groups in total. The molecule has 7 heteroatoms. The minimum Gasteiger partial charge on any atom is -0.375 e. The van der Waals surface area contributed by atoms with E-state index in [0.29, 0.717) is 16.6 Å². The molecule has 0 aliphatic carbocycles. The van der Waals surface area contributed by atoms with Gasteiger partial charge in [-0.2, -0.15) is 0 Å². The number of hydrogen-bond acceptors (Lipinski definition) is 6. The molecule has 1 atom stereocenters. The molecule has 0 bridgehead atoms. The third-order valence-corrected chi connectivity index (χ3v) is 5.53. The minimum atomic E-state index is 0.0471. The van der Waals surface area contributed by atoms with Gasteiger partial charge in [-0.1, -0.05) is 17.8 Å². The van der Waals surface area contributed by atoms with E-state index >= 15 is 0 Å². The number of nitrogens with two attached hydrogens (primary N) is 1. The lowest BCUT2D eigenvalue weighted by molar-refractivity contribution is 0.0217. The SMILES string of the molecule is Cc1nc(N)sc1C(=O)N1CCCO[C@@H](CN2CCCCC2)C1. The molecule has 2 aliphatic heterocycles. The van der Waals surface area contributed by atoms with E-state index in [4.69, 9.17) is 10.5 Å². The summed E-state index contributed by atoms with van der Waals surface area (Å²) in [6.45, 7) is 7.20. The van der Waals surface area contributed by atoms with E-state index in [9.17, 15) is 4.79 Å². The highest BCUT2D eigenvalue weighted by molar-refractivity contribution is 7.17. The van der Waals surface area contributed by atoms with E-state index in [1.165, 1.54) is 30.6 Å². The molecule has 128 valence electrons. The number of amides is 1. The van der Waals surface area contributed by atoms with Crippen LogP contribution in [-0.2, 0) is 4.74 Å². The first kappa shape index (κ1) is 16.7. The van der Waals surface area contributed by atoms with Crippen LogP contribution in [0.4, 0.5) is 5.13 Å².